The van der Waals surface area contributed by atoms with E-state index in [0.717, 1.165) is 11.1 Å². The third-order valence-corrected chi connectivity index (χ3v) is 5.78. The summed E-state index contributed by atoms with van der Waals surface area (Å²) in [5, 5.41) is 0.502. The molecule has 0 heterocycles. The van der Waals surface area contributed by atoms with E-state index in [9.17, 15) is 4.57 Å². The van der Waals surface area contributed by atoms with Crippen LogP contribution in [0.2, 0.25) is 0 Å². The Bertz CT molecular complexity index is 356. The van der Waals surface area contributed by atoms with Crippen molar-refractivity contribution in [2.45, 2.75) is 34.6 Å². The van der Waals surface area contributed by atoms with Crippen molar-refractivity contribution in [1.82, 2.24) is 4.67 Å². The first-order valence-corrected chi connectivity index (χ1v) is 7.78. The number of hydrogen-bond donors (Lipinski definition) is 0. The summed E-state index contributed by atoms with van der Waals surface area (Å²) in [6.07, 6.45) is 0. The van der Waals surface area contributed by atoms with E-state index in [0.29, 0.717) is 18.1 Å². The molecule has 0 bridgehead atoms. The molecule has 0 aliphatic carbocycles. The first-order valence-electron chi connectivity index (χ1n) is 5.76. The molecule has 0 aliphatic heterocycles. The molecule has 0 aliphatic rings. The number of allylic oxidation sites excluding steroid dienone is 3. The zero-order valence-electron chi connectivity index (χ0n) is 11.6. The lowest BCUT2D eigenvalue weighted by Crippen LogP contribution is -2.19. The fourth-order valence-electron chi connectivity index (χ4n) is 1.35. The van der Waals surface area contributed by atoms with Crippen LogP contribution in [0.4, 0.5) is 0 Å². The third kappa shape index (κ3) is 4.59. The van der Waals surface area contributed by atoms with Crippen molar-refractivity contribution in [3.8, 4) is 0 Å². The summed E-state index contributed by atoms with van der Waals surface area (Å²) in [6.45, 7) is 11.1. The van der Waals surface area contributed by atoms with Crippen molar-refractivity contribution in [3.05, 3.63) is 22.0 Å². The van der Waals surface area contributed by atoms with E-state index in [1.165, 1.54) is 7.11 Å². The van der Waals surface area contributed by atoms with Crippen LogP contribution in [0.1, 0.15) is 34.6 Å². The lowest BCUT2D eigenvalue weighted by Gasteiger charge is -2.25. The number of halogens is 1. The van der Waals surface area contributed by atoms with Gasteiger partial charge in [-0.25, -0.2) is 4.67 Å². The van der Waals surface area contributed by atoms with Crippen LogP contribution in [-0.4, -0.2) is 24.9 Å². The van der Waals surface area contributed by atoms with Crippen LogP contribution in [0.15, 0.2) is 22.0 Å². The topological polar surface area (TPSA) is 29.5 Å². The standard InChI is InChI=1S/C12H23ClNO2P/c1-7-14(8-2)17(15,16-6)9-12(13)11(5)10(3)4/h9H,7-8H2,1-6H3/b12-9-. The maximum absolute atomic E-state index is 12.6. The molecule has 0 radical (unpaired) electrons. The maximum Gasteiger partial charge on any atom is 0.296 e. The van der Waals surface area contributed by atoms with E-state index in [-0.39, 0.29) is 0 Å². The Morgan fingerprint density at radius 3 is 2.06 bits per heavy atom. The Kier molecular flexibility index (Phi) is 7.34. The van der Waals surface area contributed by atoms with E-state index in [1.807, 2.05) is 34.6 Å². The van der Waals surface area contributed by atoms with Crippen molar-refractivity contribution in [2.24, 2.45) is 0 Å². The normalized spacial score (nSPS) is 15.9. The summed E-state index contributed by atoms with van der Waals surface area (Å²) in [5.41, 5.74) is 2.05. The van der Waals surface area contributed by atoms with Gasteiger partial charge in [0, 0.05) is 26.0 Å². The van der Waals surface area contributed by atoms with Gasteiger partial charge < -0.3 is 4.52 Å². The zero-order chi connectivity index (χ0) is 13.6. The molecule has 0 fully saturated rings. The summed E-state index contributed by atoms with van der Waals surface area (Å²) in [5.74, 6) is 1.55. The van der Waals surface area contributed by atoms with Gasteiger partial charge in [-0.2, -0.15) is 0 Å². The minimum absolute atomic E-state index is 0.502. The summed E-state index contributed by atoms with van der Waals surface area (Å²) in [4.78, 5) is 0. The highest BCUT2D eigenvalue weighted by atomic mass is 35.5. The highest BCUT2D eigenvalue weighted by molar-refractivity contribution is 7.59. The van der Waals surface area contributed by atoms with E-state index in [2.05, 4.69) is 0 Å². The fraction of sp³-hybridized carbons (Fsp3) is 0.667. The molecule has 1 unspecified atom stereocenters. The number of hydrogen-bond acceptors (Lipinski definition) is 2. The van der Waals surface area contributed by atoms with E-state index >= 15 is 0 Å². The highest BCUT2D eigenvalue weighted by Crippen LogP contribution is 2.53. The average Bonchev–Trinajstić information content (AvgIpc) is 2.29. The third-order valence-electron chi connectivity index (χ3n) is 2.77. The van der Waals surface area contributed by atoms with Gasteiger partial charge in [-0.05, 0) is 26.3 Å². The first kappa shape index (κ1) is 16.9. The Morgan fingerprint density at radius 2 is 1.76 bits per heavy atom. The lowest BCUT2D eigenvalue weighted by molar-refractivity contribution is 0.326. The Balaban J connectivity index is 5.36. The smallest absolute Gasteiger partial charge is 0.296 e. The van der Waals surface area contributed by atoms with Gasteiger partial charge in [-0.3, -0.25) is 4.57 Å². The SMILES string of the molecule is CCN(CC)P(=O)(/C=C(\Cl)C(C)=C(C)C)OC. The second-order valence-electron chi connectivity index (χ2n) is 3.99. The van der Waals surface area contributed by atoms with Crippen molar-refractivity contribution >= 4 is 19.1 Å². The van der Waals surface area contributed by atoms with Gasteiger partial charge in [-0.1, -0.05) is 31.0 Å². The molecule has 0 amide bonds. The number of rotatable bonds is 6. The maximum atomic E-state index is 12.6. The van der Waals surface area contributed by atoms with Crippen LogP contribution < -0.4 is 0 Å². The van der Waals surface area contributed by atoms with Crippen molar-refractivity contribution in [1.29, 1.82) is 0 Å². The lowest BCUT2D eigenvalue weighted by atomic mass is 10.2. The predicted octanol–water partition coefficient (Wildman–Crippen LogP) is 4.60. The summed E-state index contributed by atoms with van der Waals surface area (Å²) >= 11 is 6.17. The highest BCUT2D eigenvalue weighted by Gasteiger charge is 2.26. The quantitative estimate of drug-likeness (QED) is 0.525. The van der Waals surface area contributed by atoms with Crippen LogP contribution in [0.3, 0.4) is 0 Å². The van der Waals surface area contributed by atoms with E-state index in [1.54, 1.807) is 10.5 Å². The molecule has 0 saturated heterocycles. The molecule has 0 saturated carbocycles. The first-order chi connectivity index (χ1) is 7.82. The Labute approximate surface area is 110 Å². The molecule has 0 aromatic rings. The molecule has 17 heavy (non-hydrogen) atoms. The van der Waals surface area contributed by atoms with Gasteiger partial charge in [0.1, 0.15) is 0 Å². The molecular formula is C12H23ClNO2P. The van der Waals surface area contributed by atoms with E-state index in [4.69, 9.17) is 16.1 Å². The Morgan fingerprint density at radius 1 is 1.29 bits per heavy atom. The number of nitrogens with zero attached hydrogens (tertiary/aromatic N) is 1. The molecule has 100 valence electrons. The molecule has 3 nitrogen and oxygen atoms in total. The summed E-state index contributed by atoms with van der Waals surface area (Å²) < 4.78 is 19.6. The Hall–Kier alpha value is -0.0800. The zero-order valence-corrected chi connectivity index (χ0v) is 13.2. The molecule has 0 aromatic heterocycles. The average molecular weight is 280 g/mol. The predicted molar refractivity (Wildman–Crippen MR) is 75.5 cm³/mol. The van der Waals surface area contributed by atoms with Gasteiger partial charge in [0.2, 0.25) is 0 Å². The van der Waals surface area contributed by atoms with Crippen LogP contribution in [0.5, 0.6) is 0 Å². The molecule has 1 atom stereocenters. The minimum atomic E-state index is -2.95. The van der Waals surface area contributed by atoms with Gasteiger partial charge >= 0.3 is 0 Å². The van der Waals surface area contributed by atoms with E-state index < -0.39 is 7.52 Å². The second-order valence-corrected chi connectivity index (χ2v) is 6.71. The van der Waals surface area contributed by atoms with Crippen molar-refractivity contribution in [3.63, 3.8) is 0 Å². The summed E-state index contributed by atoms with van der Waals surface area (Å²) in [7, 11) is -1.50. The van der Waals surface area contributed by atoms with Gasteiger partial charge in [0.05, 0.1) is 5.03 Å². The second kappa shape index (κ2) is 7.38. The van der Waals surface area contributed by atoms with Crippen LogP contribution in [0, 0.1) is 0 Å². The molecular weight excluding hydrogens is 257 g/mol. The van der Waals surface area contributed by atoms with Crippen molar-refractivity contribution < 1.29 is 9.09 Å². The largest absolute Gasteiger partial charge is 0.318 e. The van der Waals surface area contributed by atoms with Crippen molar-refractivity contribution in [2.75, 3.05) is 20.2 Å². The molecule has 0 rings (SSSR count). The van der Waals surface area contributed by atoms with Gasteiger partial charge in [0.25, 0.3) is 7.52 Å². The molecule has 0 aromatic carbocycles. The van der Waals surface area contributed by atoms with Gasteiger partial charge in [0.15, 0.2) is 0 Å². The van der Waals surface area contributed by atoms with Crippen LogP contribution in [0.25, 0.3) is 0 Å². The monoisotopic (exact) mass is 279 g/mol. The molecule has 5 heteroatoms. The molecule has 0 N–H and O–H groups in total. The van der Waals surface area contributed by atoms with Gasteiger partial charge in [-0.15, -0.1) is 0 Å². The fourth-order valence-corrected chi connectivity index (χ4v) is 3.67. The molecule has 0 spiro atoms. The van der Waals surface area contributed by atoms with Crippen LogP contribution in [-0.2, 0) is 9.09 Å². The van der Waals surface area contributed by atoms with Crippen LogP contribution >= 0.6 is 19.1 Å². The summed E-state index contributed by atoms with van der Waals surface area (Å²) in [6, 6.07) is 0. The minimum Gasteiger partial charge on any atom is -0.318 e.